The van der Waals surface area contributed by atoms with Gasteiger partial charge in [-0.15, -0.1) is 11.3 Å². The number of amides is 1. The molecule has 1 saturated heterocycles. The lowest BCUT2D eigenvalue weighted by Crippen LogP contribution is -2.54. The Hall–Kier alpha value is -1.75. The summed E-state index contributed by atoms with van der Waals surface area (Å²) in [5.74, 6) is -0.0934. The van der Waals surface area contributed by atoms with Gasteiger partial charge in [0.15, 0.2) is 0 Å². The lowest BCUT2D eigenvalue weighted by molar-refractivity contribution is -0.132. The normalized spacial score (nSPS) is 17.3. The number of thiophene rings is 1. The molecule has 136 valence electrons. The number of piperidine rings is 1. The van der Waals surface area contributed by atoms with Crippen molar-refractivity contribution in [2.75, 3.05) is 20.1 Å². The van der Waals surface area contributed by atoms with E-state index in [0.717, 1.165) is 29.3 Å². The number of nitrogens with zero attached hydrogens (tertiary/aromatic N) is 2. The predicted octanol–water partition coefficient (Wildman–Crippen LogP) is 0.248. The SMILES string of the molecule is CNS(=O)(=O)c1ccc(CNC(=O)C2(n3cccn3)CCNCC2)s1. The van der Waals surface area contributed by atoms with Crippen LogP contribution in [0.5, 0.6) is 0 Å². The molecular formula is C15H21N5O3S2. The minimum atomic E-state index is -3.45. The Morgan fingerprint density at radius 3 is 2.80 bits per heavy atom. The molecule has 0 spiro atoms. The van der Waals surface area contributed by atoms with Crippen LogP contribution >= 0.6 is 11.3 Å². The highest BCUT2D eigenvalue weighted by molar-refractivity contribution is 7.91. The van der Waals surface area contributed by atoms with Crippen molar-refractivity contribution < 1.29 is 13.2 Å². The zero-order chi connectivity index (χ0) is 17.9. The van der Waals surface area contributed by atoms with Crippen molar-refractivity contribution in [1.29, 1.82) is 0 Å². The van der Waals surface area contributed by atoms with Gasteiger partial charge in [0.1, 0.15) is 9.75 Å². The van der Waals surface area contributed by atoms with Crippen LogP contribution in [0.4, 0.5) is 0 Å². The summed E-state index contributed by atoms with van der Waals surface area (Å²) < 4.78 is 27.9. The van der Waals surface area contributed by atoms with Crippen molar-refractivity contribution >= 4 is 27.3 Å². The summed E-state index contributed by atoms with van der Waals surface area (Å²) in [6, 6.07) is 5.08. The summed E-state index contributed by atoms with van der Waals surface area (Å²) in [7, 11) is -2.07. The molecule has 0 saturated carbocycles. The van der Waals surface area contributed by atoms with Crippen molar-refractivity contribution in [3.8, 4) is 0 Å². The zero-order valence-corrected chi connectivity index (χ0v) is 15.5. The van der Waals surface area contributed by atoms with Gasteiger partial charge in [0.25, 0.3) is 0 Å². The van der Waals surface area contributed by atoms with E-state index in [1.807, 2.05) is 12.3 Å². The maximum atomic E-state index is 12.9. The maximum Gasteiger partial charge on any atom is 0.249 e. The molecule has 0 aliphatic carbocycles. The van der Waals surface area contributed by atoms with E-state index in [0.29, 0.717) is 19.4 Å². The smallest absolute Gasteiger partial charge is 0.249 e. The highest BCUT2D eigenvalue weighted by atomic mass is 32.2. The summed E-state index contributed by atoms with van der Waals surface area (Å²) in [5.41, 5.74) is -0.702. The molecule has 0 unspecified atom stereocenters. The first-order chi connectivity index (χ1) is 12.0. The zero-order valence-electron chi connectivity index (χ0n) is 13.9. The van der Waals surface area contributed by atoms with Gasteiger partial charge in [0, 0.05) is 17.3 Å². The second-order valence-electron chi connectivity index (χ2n) is 5.84. The fourth-order valence-corrected chi connectivity index (χ4v) is 5.09. The van der Waals surface area contributed by atoms with Crippen LogP contribution in [0.25, 0.3) is 0 Å². The van der Waals surface area contributed by atoms with Gasteiger partial charge in [0.2, 0.25) is 15.9 Å². The van der Waals surface area contributed by atoms with Crippen molar-refractivity contribution in [2.24, 2.45) is 0 Å². The van der Waals surface area contributed by atoms with Gasteiger partial charge in [-0.3, -0.25) is 9.48 Å². The van der Waals surface area contributed by atoms with Gasteiger partial charge in [0.05, 0.1) is 6.54 Å². The first kappa shape index (κ1) is 18.1. The molecule has 3 heterocycles. The third-order valence-corrected chi connectivity index (χ3v) is 7.38. The summed E-state index contributed by atoms with van der Waals surface area (Å²) >= 11 is 1.15. The quantitative estimate of drug-likeness (QED) is 0.663. The molecule has 3 rings (SSSR count). The van der Waals surface area contributed by atoms with Crippen molar-refractivity contribution in [3.05, 3.63) is 35.5 Å². The second-order valence-corrected chi connectivity index (χ2v) is 9.12. The van der Waals surface area contributed by atoms with E-state index in [-0.39, 0.29) is 10.1 Å². The number of hydrogen-bond acceptors (Lipinski definition) is 6. The molecule has 0 atom stereocenters. The number of carbonyl (C=O) groups excluding carboxylic acids is 1. The van der Waals surface area contributed by atoms with Gasteiger partial charge < -0.3 is 10.6 Å². The van der Waals surface area contributed by atoms with E-state index in [1.54, 1.807) is 23.0 Å². The van der Waals surface area contributed by atoms with E-state index in [1.165, 1.54) is 7.05 Å². The van der Waals surface area contributed by atoms with Crippen LogP contribution in [-0.2, 0) is 26.9 Å². The first-order valence-corrected chi connectivity index (χ1v) is 10.3. The molecule has 25 heavy (non-hydrogen) atoms. The van der Waals surface area contributed by atoms with Crippen LogP contribution in [0.1, 0.15) is 17.7 Å². The molecule has 1 aliphatic heterocycles. The number of carbonyl (C=O) groups is 1. The minimum absolute atomic E-state index is 0.0934. The molecule has 8 nitrogen and oxygen atoms in total. The third kappa shape index (κ3) is 3.61. The van der Waals surface area contributed by atoms with Crippen LogP contribution < -0.4 is 15.4 Å². The van der Waals surface area contributed by atoms with E-state index in [9.17, 15) is 13.2 Å². The Labute approximate surface area is 150 Å². The third-order valence-electron chi connectivity index (χ3n) is 4.39. The van der Waals surface area contributed by atoms with Gasteiger partial charge in [-0.2, -0.15) is 5.10 Å². The monoisotopic (exact) mass is 383 g/mol. The number of hydrogen-bond donors (Lipinski definition) is 3. The number of sulfonamides is 1. The van der Waals surface area contributed by atoms with Crippen LogP contribution in [0.2, 0.25) is 0 Å². The Morgan fingerprint density at radius 1 is 1.40 bits per heavy atom. The molecule has 1 amide bonds. The average molecular weight is 383 g/mol. The average Bonchev–Trinajstić information content (AvgIpc) is 3.32. The highest BCUT2D eigenvalue weighted by Gasteiger charge is 2.41. The molecule has 0 radical (unpaired) electrons. The standard InChI is InChI=1S/C15H21N5O3S2/c1-16-25(22,23)13-4-3-12(24-13)11-18-14(21)15(5-8-17-9-6-15)20-10-2-7-19-20/h2-4,7,10,16-17H,5-6,8-9,11H2,1H3,(H,18,21). The molecule has 0 aromatic carbocycles. The Kier molecular flexibility index (Phi) is 5.23. The highest BCUT2D eigenvalue weighted by Crippen LogP contribution is 2.28. The summed E-state index contributed by atoms with van der Waals surface area (Å²) in [6.07, 6.45) is 4.80. The van der Waals surface area contributed by atoms with Crippen LogP contribution in [0.3, 0.4) is 0 Å². The van der Waals surface area contributed by atoms with Gasteiger partial charge in [-0.1, -0.05) is 0 Å². The number of nitrogens with one attached hydrogen (secondary N) is 3. The van der Waals surface area contributed by atoms with Crippen molar-refractivity contribution in [3.63, 3.8) is 0 Å². The lowest BCUT2D eigenvalue weighted by atomic mass is 9.87. The van der Waals surface area contributed by atoms with Crippen molar-refractivity contribution in [1.82, 2.24) is 25.1 Å². The number of aromatic nitrogens is 2. The molecule has 3 N–H and O–H groups in total. The van der Waals surface area contributed by atoms with E-state index < -0.39 is 15.6 Å². The van der Waals surface area contributed by atoms with Gasteiger partial charge in [-0.05, 0) is 51.2 Å². The molecular weight excluding hydrogens is 362 g/mol. The lowest BCUT2D eigenvalue weighted by Gasteiger charge is -2.36. The van der Waals surface area contributed by atoms with Crippen LogP contribution in [0.15, 0.2) is 34.8 Å². The van der Waals surface area contributed by atoms with E-state index >= 15 is 0 Å². The van der Waals surface area contributed by atoms with Crippen molar-refractivity contribution in [2.45, 2.75) is 29.1 Å². The Bertz CT molecular complexity index is 823. The molecule has 2 aromatic heterocycles. The predicted molar refractivity (Wildman–Crippen MR) is 94.7 cm³/mol. The molecule has 0 bridgehead atoms. The first-order valence-electron chi connectivity index (χ1n) is 7.99. The molecule has 2 aromatic rings. The topological polar surface area (TPSA) is 105 Å². The van der Waals surface area contributed by atoms with Gasteiger partial charge >= 0.3 is 0 Å². The van der Waals surface area contributed by atoms with Crippen LogP contribution in [0, 0.1) is 0 Å². The largest absolute Gasteiger partial charge is 0.349 e. The van der Waals surface area contributed by atoms with Crippen LogP contribution in [-0.4, -0.2) is 44.2 Å². The Balaban J connectivity index is 1.73. The summed E-state index contributed by atoms with van der Waals surface area (Å²) in [6.45, 7) is 1.78. The van der Waals surface area contributed by atoms with E-state index in [4.69, 9.17) is 0 Å². The Morgan fingerprint density at radius 2 is 2.16 bits per heavy atom. The molecule has 1 aliphatic rings. The summed E-state index contributed by atoms with van der Waals surface area (Å²) in [4.78, 5) is 13.7. The molecule has 10 heteroatoms. The fraction of sp³-hybridized carbons (Fsp3) is 0.467. The second kappa shape index (κ2) is 7.24. The maximum absolute atomic E-state index is 12.9. The fourth-order valence-electron chi connectivity index (χ4n) is 2.95. The molecule has 1 fully saturated rings. The number of rotatable bonds is 6. The van der Waals surface area contributed by atoms with Gasteiger partial charge in [-0.25, -0.2) is 13.1 Å². The van der Waals surface area contributed by atoms with E-state index in [2.05, 4.69) is 20.5 Å². The summed E-state index contributed by atoms with van der Waals surface area (Å²) in [5, 5.41) is 10.5. The minimum Gasteiger partial charge on any atom is -0.349 e.